The third-order valence-electron chi connectivity index (χ3n) is 4.31. The molecule has 4 nitrogen and oxygen atoms in total. The summed E-state index contributed by atoms with van der Waals surface area (Å²) in [6, 6.07) is 14.1. The molecule has 0 aliphatic carbocycles. The van der Waals surface area contributed by atoms with Crippen molar-refractivity contribution in [2.75, 3.05) is 13.1 Å². The Morgan fingerprint density at radius 1 is 1.04 bits per heavy atom. The van der Waals surface area contributed by atoms with Gasteiger partial charge in [0, 0.05) is 18.7 Å². The van der Waals surface area contributed by atoms with Crippen LogP contribution in [0.3, 0.4) is 0 Å². The monoisotopic (exact) mass is 355 g/mol. The van der Waals surface area contributed by atoms with Crippen molar-refractivity contribution in [2.45, 2.75) is 24.7 Å². The number of hydrogen-bond acceptors (Lipinski definition) is 3. The summed E-state index contributed by atoms with van der Waals surface area (Å²) in [6.07, 6.45) is 5.09. The van der Waals surface area contributed by atoms with Crippen LogP contribution >= 0.6 is 0 Å². The summed E-state index contributed by atoms with van der Waals surface area (Å²) in [5.74, 6) is -0.147. The quantitative estimate of drug-likeness (QED) is 0.607. The van der Waals surface area contributed by atoms with Crippen molar-refractivity contribution >= 4 is 21.9 Å². The molecule has 1 heterocycles. The minimum Gasteiger partial charge on any atom is -0.289 e. The van der Waals surface area contributed by atoms with Crippen LogP contribution in [0.4, 0.5) is 0 Å². The summed E-state index contributed by atoms with van der Waals surface area (Å²) < 4.78 is 26.5. The molecule has 1 saturated heterocycles. The van der Waals surface area contributed by atoms with Gasteiger partial charge in [0.25, 0.3) is 0 Å². The van der Waals surface area contributed by atoms with Crippen molar-refractivity contribution in [1.29, 1.82) is 0 Å². The lowest BCUT2D eigenvalue weighted by atomic mass is 10.1. The number of sulfonamides is 1. The van der Waals surface area contributed by atoms with Crippen LogP contribution < -0.4 is 0 Å². The Morgan fingerprint density at radius 3 is 2.36 bits per heavy atom. The number of carbonyl (C=O) groups is 1. The molecular formula is C20H21NO3S. The van der Waals surface area contributed by atoms with E-state index < -0.39 is 10.0 Å². The molecule has 0 N–H and O–H groups in total. The van der Waals surface area contributed by atoms with Gasteiger partial charge in [-0.25, -0.2) is 8.42 Å². The Balaban J connectivity index is 1.74. The number of nitrogens with zero attached hydrogens (tertiary/aromatic N) is 1. The molecule has 1 fully saturated rings. The zero-order valence-corrected chi connectivity index (χ0v) is 15.0. The standard InChI is InChI=1S/C20H21NO3S/c1-16-5-4-6-17(15-16)7-12-20(22)18-8-10-19(11-9-18)25(23,24)21-13-2-3-14-21/h4-12,15H,2-3,13-14H2,1H3/b12-7+. The van der Waals surface area contributed by atoms with Gasteiger partial charge in [0.15, 0.2) is 5.78 Å². The molecule has 0 aromatic heterocycles. The van der Waals surface area contributed by atoms with Crippen LogP contribution in [-0.4, -0.2) is 31.6 Å². The highest BCUT2D eigenvalue weighted by Crippen LogP contribution is 2.21. The first kappa shape index (κ1) is 17.6. The second kappa shape index (κ2) is 7.33. The smallest absolute Gasteiger partial charge is 0.243 e. The topological polar surface area (TPSA) is 54.5 Å². The van der Waals surface area contributed by atoms with Gasteiger partial charge in [0.05, 0.1) is 4.90 Å². The predicted molar refractivity (Wildman–Crippen MR) is 99.0 cm³/mol. The SMILES string of the molecule is Cc1cccc(/C=C/C(=O)c2ccc(S(=O)(=O)N3CCCC3)cc2)c1. The molecule has 2 aromatic carbocycles. The van der Waals surface area contributed by atoms with Crippen molar-refractivity contribution in [3.63, 3.8) is 0 Å². The normalized spacial score (nSPS) is 15.7. The van der Waals surface area contributed by atoms with E-state index in [1.54, 1.807) is 18.2 Å². The molecule has 0 amide bonds. The fraction of sp³-hybridized carbons (Fsp3) is 0.250. The van der Waals surface area contributed by atoms with Gasteiger partial charge >= 0.3 is 0 Å². The van der Waals surface area contributed by atoms with E-state index in [0.717, 1.165) is 24.0 Å². The Bertz CT molecular complexity index is 893. The lowest BCUT2D eigenvalue weighted by Gasteiger charge is -2.15. The van der Waals surface area contributed by atoms with Crippen molar-refractivity contribution in [3.05, 3.63) is 71.3 Å². The number of hydrogen-bond donors (Lipinski definition) is 0. The van der Waals surface area contributed by atoms with E-state index in [2.05, 4.69) is 0 Å². The van der Waals surface area contributed by atoms with Gasteiger partial charge in [-0.15, -0.1) is 0 Å². The zero-order chi connectivity index (χ0) is 17.9. The van der Waals surface area contributed by atoms with Crippen molar-refractivity contribution in [1.82, 2.24) is 4.31 Å². The second-order valence-corrected chi connectivity index (χ2v) is 8.19. The molecule has 0 bridgehead atoms. The van der Waals surface area contributed by atoms with Crippen LogP contribution in [0.1, 0.15) is 34.3 Å². The average Bonchev–Trinajstić information content (AvgIpc) is 3.15. The summed E-state index contributed by atoms with van der Waals surface area (Å²) in [6.45, 7) is 3.14. The van der Waals surface area contributed by atoms with Crippen molar-refractivity contribution in [3.8, 4) is 0 Å². The first-order valence-electron chi connectivity index (χ1n) is 8.36. The average molecular weight is 355 g/mol. The molecule has 1 aliphatic heterocycles. The highest BCUT2D eigenvalue weighted by atomic mass is 32.2. The van der Waals surface area contributed by atoms with Crippen LogP contribution in [-0.2, 0) is 10.0 Å². The fourth-order valence-corrected chi connectivity index (χ4v) is 4.43. The first-order chi connectivity index (χ1) is 12.0. The Morgan fingerprint density at radius 2 is 1.72 bits per heavy atom. The molecule has 0 unspecified atom stereocenters. The highest BCUT2D eigenvalue weighted by molar-refractivity contribution is 7.89. The van der Waals surface area contributed by atoms with Gasteiger partial charge in [0.2, 0.25) is 10.0 Å². The van der Waals surface area contributed by atoms with Crippen LogP contribution in [0, 0.1) is 6.92 Å². The molecule has 0 saturated carbocycles. The second-order valence-electron chi connectivity index (χ2n) is 6.25. The molecule has 3 rings (SSSR count). The molecule has 2 aromatic rings. The molecular weight excluding hydrogens is 334 g/mol. The van der Waals surface area contributed by atoms with E-state index in [0.29, 0.717) is 18.7 Å². The maximum atomic E-state index is 12.5. The summed E-state index contributed by atoms with van der Waals surface area (Å²) in [5, 5.41) is 0. The van der Waals surface area contributed by atoms with Crippen LogP contribution in [0.15, 0.2) is 59.5 Å². The maximum absolute atomic E-state index is 12.5. The van der Waals surface area contributed by atoms with Gasteiger partial charge in [-0.1, -0.05) is 35.9 Å². The van der Waals surface area contributed by atoms with E-state index in [1.807, 2.05) is 31.2 Å². The van der Waals surface area contributed by atoms with Gasteiger partial charge in [-0.3, -0.25) is 4.79 Å². The Labute approximate surface area is 148 Å². The zero-order valence-electron chi connectivity index (χ0n) is 14.2. The number of aryl methyl sites for hydroxylation is 1. The number of carbonyl (C=O) groups excluding carboxylic acids is 1. The summed E-state index contributed by atoms with van der Waals surface area (Å²) in [7, 11) is -3.44. The minimum absolute atomic E-state index is 0.147. The number of rotatable bonds is 5. The molecule has 0 spiro atoms. The lowest BCUT2D eigenvalue weighted by molar-refractivity contribution is 0.104. The fourth-order valence-electron chi connectivity index (χ4n) is 2.91. The molecule has 5 heteroatoms. The van der Waals surface area contributed by atoms with E-state index in [4.69, 9.17) is 0 Å². The number of ketones is 1. The van der Waals surface area contributed by atoms with Crippen LogP contribution in [0.2, 0.25) is 0 Å². The molecule has 1 aliphatic rings. The summed E-state index contributed by atoms with van der Waals surface area (Å²) >= 11 is 0. The van der Waals surface area contributed by atoms with Gasteiger partial charge in [-0.05, 0) is 55.7 Å². The first-order valence-corrected chi connectivity index (χ1v) is 9.80. The van der Waals surface area contributed by atoms with E-state index in [1.165, 1.54) is 22.5 Å². The molecule has 25 heavy (non-hydrogen) atoms. The van der Waals surface area contributed by atoms with Crippen LogP contribution in [0.25, 0.3) is 6.08 Å². The highest BCUT2D eigenvalue weighted by Gasteiger charge is 2.26. The van der Waals surface area contributed by atoms with Gasteiger partial charge < -0.3 is 0 Å². The van der Waals surface area contributed by atoms with Gasteiger partial charge in [-0.2, -0.15) is 4.31 Å². The summed E-state index contributed by atoms with van der Waals surface area (Å²) in [5.41, 5.74) is 2.57. The molecule has 130 valence electrons. The number of allylic oxidation sites excluding steroid dienone is 1. The maximum Gasteiger partial charge on any atom is 0.243 e. The van der Waals surface area contributed by atoms with E-state index in [-0.39, 0.29) is 10.7 Å². The van der Waals surface area contributed by atoms with Crippen LogP contribution in [0.5, 0.6) is 0 Å². The summed E-state index contributed by atoms with van der Waals surface area (Å²) in [4.78, 5) is 12.5. The van der Waals surface area contributed by atoms with E-state index >= 15 is 0 Å². The number of benzene rings is 2. The van der Waals surface area contributed by atoms with Crippen molar-refractivity contribution in [2.24, 2.45) is 0 Å². The van der Waals surface area contributed by atoms with Crippen molar-refractivity contribution < 1.29 is 13.2 Å². The Hall–Kier alpha value is -2.24. The molecule has 0 radical (unpaired) electrons. The third-order valence-corrected chi connectivity index (χ3v) is 6.22. The predicted octanol–water partition coefficient (Wildman–Crippen LogP) is 3.68. The minimum atomic E-state index is -3.44. The lowest BCUT2D eigenvalue weighted by Crippen LogP contribution is -2.27. The van der Waals surface area contributed by atoms with Gasteiger partial charge in [0.1, 0.15) is 0 Å². The third kappa shape index (κ3) is 4.06. The largest absolute Gasteiger partial charge is 0.289 e. The molecule has 0 atom stereocenters. The Kier molecular flexibility index (Phi) is 5.16. The van der Waals surface area contributed by atoms with E-state index in [9.17, 15) is 13.2 Å².